The number of fused-ring (bicyclic) bond motifs is 3. The van der Waals surface area contributed by atoms with Gasteiger partial charge in [-0.25, -0.2) is 0 Å². The van der Waals surface area contributed by atoms with Crippen LogP contribution in [-0.2, 0) is 9.47 Å². The van der Waals surface area contributed by atoms with E-state index in [-0.39, 0.29) is 5.78 Å². The smallest absolute Gasteiger partial charge is 0.199 e. The molecule has 2 aromatic carbocycles. The lowest BCUT2D eigenvalue weighted by molar-refractivity contribution is -0.240. The summed E-state index contributed by atoms with van der Waals surface area (Å²) in [4.78, 5) is 13.1. The van der Waals surface area contributed by atoms with Crippen molar-refractivity contribution in [3.63, 3.8) is 0 Å². The maximum absolute atomic E-state index is 13.1. The molecule has 0 aromatic heterocycles. The van der Waals surface area contributed by atoms with E-state index < -0.39 is 5.79 Å². The van der Waals surface area contributed by atoms with Crippen LogP contribution in [0.1, 0.15) is 242 Å². The van der Waals surface area contributed by atoms with Crippen LogP contribution in [0.4, 0.5) is 0 Å². The van der Waals surface area contributed by atoms with Gasteiger partial charge in [0.05, 0.1) is 13.2 Å². The first-order valence-corrected chi connectivity index (χ1v) is 24.3. The third-order valence-corrected chi connectivity index (χ3v) is 12.0. The Labute approximate surface area is 346 Å². The van der Waals surface area contributed by atoms with Crippen LogP contribution in [0.15, 0.2) is 42.5 Å². The molecule has 4 nitrogen and oxygen atoms in total. The third-order valence-electron chi connectivity index (χ3n) is 12.0. The summed E-state index contributed by atoms with van der Waals surface area (Å²) < 4.78 is 19.2. The summed E-state index contributed by atoms with van der Waals surface area (Å²) in [6.45, 7) is 8.26. The maximum atomic E-state index is 13.1. The number of unbranched alkanes of at least 4 members (excludes halogenated alkanes) is 30. The molecule has 1 aliphatic rings. The van der Waals surface area contributed by atoms with E-state index in [2.05, 4.69) is 13.8 Å². The van der Waals surface area contributed by atoms with Crippen LogP contribution >= 0.6 is 0 Å². The minimum atomic E-state index is -0.822. The lowest BCUT2D eigenvalue weighted by Gasteiger charge is -2.30. The van der Waals surface area contributed by atoms with Crippen molar-refractivity contribution in [3.8, 4) is 16.9 Å². The summed E-state index contributed by atoms with van der Waals surface area (Å²) in [7, 11) is 0. The summed E-state index contributed by atoms with van der Waals surface area (Å²) in [6, 6.07) is 13.7. The molecule has 0 atom stereocenters. The Bertz CT molecular complexity index is 1220. The predicted octanol–water partition coefficient (Wildman–Crippen LogP) is 16.5. The Morgan fingerprint density at radius 3 is 1.14 bits per heavy atom. The number of hydrogen-bond donors (Lipinski definition) is 0. The summed E-state index contributed by atoms with van der Waals surface area (Å²) in [5, 5.41) is 0. The van der Waals surface area contributed by atoms with Crippen molar-refractivity contribution in [3.05, 3.63) is 53.6 Å². The topological polar surface area (TPSA) is 44.8 Å². The molecular weight excluding hydrogens is 689 g/mol. The van der Waals surface area contributed by atoms with E-state index in [1.165, 1.54) is 193 Å². The van der Waals surface area contributed by atoms with Gasteiger partial charge >= 0.3 is 0 Å². The zero-order valence-electron chi connectivity index (χ0n) is 36.9. The lowest BCUT2D eigenvalue weighted by Crippen LogP contribution is -2.39. The molecule has 0 unspecified atom stereocenters. The van der Waals surface area contributed by atoms with Crippen molar-refractivity contribution >= 4 is 5.78 Å². The van der Waals surface area contributed by atoms with Crippen LogP contribution in [0, 0.1) is 0 Å². The summed E-state index contributed by atoms with van der Waals surface area (Å²) in [6.07, 6.45) is 43.5. The number of carbonyl (C=O) groups is 1. The molecule has 0 saturated heterocycles. The Balaban J connectivity index is 1.28. The standard InChI is InChI=1S/C52H86O4/c1-4-6-8-10-12-14-16-18-20-22-24-26-28-30-32-36-42-55-52(3,45-54-46-40-41-48-47-38-34-35-39-49(47)51(53)50(48)44-46)56-43-37-33-31-29-27-25-23-21-19-17-15-13-11-9-7-5-2/h34-35,38-41,44H,4-33,36-37,42-43,45H2,1-3H3. The zero-order chi connectivity index (χ0) is 39.8. The molecule has 0 N–H and O–H groups in total. The summed E-state index contributed by atoms with van der Waals surface area (Å²) >= 11 is 0. The molecule has 0 bridgehead atoms. The Morgan fingerprint density at radius 2 is 0.750 bits per heavy atom. The van der Waals surface area contributed by atoms with Crippen molar-refractivity contribution in [1.82, 2.24) is 0 Å². The van der Waals surface area contributed by atoms with Crippen LogP contribution in [0.5, 0.6) is 5.75 Å². The Kier molecular flexibility index (Phi) is 27.4. The Morgan fingerprint density at radius 1 is 0.411 bits per heavy atom. The molecule has 0 aliphatic heterocycles. The monoisotopic (exact) mass is 775 g/mol. The highest BCUT2D eigenvalue weighted by Crippen LogP contribution is 2.38. The van der Waals surface area contributed by atoms with Crippen molar-refractivity contribution < 1.29 is 19.0 Å². The highest BCUT2D eigenvalue weighted by atomic mass is 16.7. The lowest BCUT2D eigenvalue weighted by atomic mass is 10.0. The van der Waals surface area contributed by atoms with Crippen LogP contribution in [-0.4, -0.2) is 31.4 Å². The van der Waals surface area contributed by atoms with E-state index in [0.717, 1.165) is 29.5 Å². The van der Waals surface area contributed by atoms with Crippen LogP contribution < -0.4 is 4.74 Å². The molecule has 2 aromatic rings. The van der Waals surface area contributed by atoms with Gasteiger partial charge in [0.2, 0.25) is 0 Å². The molecule has 318 valence electrons. The van der Waals surface area contributed by atoms with Gasteiger partial charge in [-0.05, 0) is 49.1 Å². The molecule has 0 radical (unpaired) electrons. The number of benzene rings is 2. The van der Waals surface area contributed by atoms with Gasteiger partial charge in [-0.15, -0.1) is 0 Å². The predicted molar refractivity (Wildman–Crippen MR) is 240 cm³/mol. The average molecular weight is 775 g/mol. The van der Waals surface area contributed by atoms with Crippen LogP contribution in [0.3, 0.4) is 0 Å². The highest BCUT2D eigenvalue weighted by Gasteiger charge is 2.29. The van der Waals surface area contributed by atoms with Gasteiger partial charge in [-0.1, -0.05) is 231 Å². The second kappa shape index (κ2) is 31.8. The number of carbonyl (C=O) groups excluding carboxylic acids is 1. The first kappa shape index (κ1) is 48.2. The van der Waals surface area contributed by atoms with Gasteiger partial charge in [0, 0.05) is 11.1 Å². The normalized spacial score (nSPS) is 12.4. The van der Waals surface area contributed by atoms with Crippen LogP contribution in [0.25, 0.3) is 11.1 Å². The molecule has 0 heterocycles. The van der Waals surface area contributed by atoms with E-state index >= 15 is 0 Å². The fourth-order valence-corrected chi connectivity index (χ4v) is 8.31. The van der Waals surface area contributed by atoms with Gasteiger partial charge in [0.15, 0.2) is 11.6 Å². The quantitative estimate of drug-likeness (QED) is 0.0428. The molecule has 56 heavy (non-hydrogen) atoms. The van der Waals surface area contributed by atoms with E-state index in [0.29, 0.717) is 31.1 Å². The molecule has 1 aliphatic carbocycles. The maximum Gasteiger partial charge on any atom is 0.199 e. The molecule has 3 rings (SSSR count). The second-order valence-electron chi connectivity index (χ2n) is 17.3. The van der Waals surface area contributed by atoms with E-state index in [1.807, 2.05) is 49.4 Å². The third kappa shape index (κ3) is 21.0. The minimum absolute atomic E-state index is 0.0725. The highest BCUT2D eigenvalue weighted by molar-refractivity contribution is 6.21. The molecule has 0 spiro atoms. The summed E-state index contributed by atoms with van der Waals surface area (Å²) in [5.74, 6) is -0.0618. The number of ether oxygens (including phenoxy) is 3. The van der Waals surface area contributed by atoms with Crippen molar-refractivity contribution in [2.75, 3.05) is 19.8 Å². The first-order valence-electron chi connectivity index (χ1n) is 24.3. The van der Waals surface area contributed by atoms with E-state index in [9.17, 15) is 4.79 Å². The fraction of sp³-hybridized carbons (Fsp3) is 0.750. The van der Waals surface area contributed by atoms with E-state index in [4.69, 9.17) is 14.2 Å². The van der Waals surface area contributed by atoms with Gasteiger partial charge in [-0.2, -0.15) is 0 Å². The van der Waals surface area contributed by atoms with Crippen molar-refractivity contribution in [2.24, 2.45) is 0 Å². The molecule has 0 saturated carbocycles. The minimum Gasteiger partial charge on any atom is -0.488 e. The fourth-order valence-electron chi connectivity index (χ4n) is 8.31. The van der Waals surface area contributed by atoms with Gasteiger partial charge in [0.1, 0.15) is 12.4 Å². The van der Waals surface area contributed by atoms with Gasteiger partial charge in [-0.3, -0.25) is 4.79 Å². The first-order chi connectivity index (χ1) is 27.6. The second-order valence-corrected chi connectivity index (χ2v) is 17.3. The van der Waals surface area contributed by atoms with Gasteiger partial charge in [0.25, 0.3) is 0 Å². The number of ketones is 1. The summed E-state index contributed by atoms with van der Waals surface area (Å²) in [5.41, 5.74) is 3.48. The molecule has 0 fully saturated rings. The molecular formula is C52H86O4. The van der Waals surface area contributed by atoms with E-state index in [1.54, 1.807) is 0 Å². The van der Waals surface area contributed by atoms with Crippen LogP contribution in [0.2, 0.25) is 0 Å². The molecule has 0 amide bonds. The average Bonchev–Trinajstić information content (AvgIpc) is 3.50. The van der Waals surface area contributed by atoms with Crippen molar-refractivity contribution in [1.29, 1.82) is 0 Å². The Hall–Kier alpha value is -2.17. The SMILES string of the molecule is CCCCCCCCCCCCCCCCCCOC(C)(COc1ccc2c(c1)C(=O)c1ccccc1-2)OCCCCCCCCCCCCCCCCCC. The van der Waals surface area contributed by atoms with Gasteiger partial charge < -0.3 is 14.2 Å². The largest absolute Gasteiger partial charge is 0.488 e. The zero-order valence-corrected chi connectivity index (χ0v) is 36.9. The molecule has 4 heteroatoms. The van der Waals surface area contributed by atoms with Crippen molar-refractivity contribution in [2.45, 2.75) is 232 Å². The number of rotatable bonds is 39. The number of hydrogen-bond acceptors (Lipinski definition) is 4.